The Labute approximate surface area is 119 Å². The van der Waals surface area contributed by atoms with Crippen molar-refractivity contribution in [3.8, 4) is 0 Å². The van der Waals surface area contributed by atoms with Crippen molar-refractivity contribution in [1.82, 2.24) is 4.98 Å². The second-order valence-electron chi connectivity index (χ2n) is 5.22. The molecule has 1 aromatic heterocycles. The molecule has 0 fully saturated rings. The Morgan fingerprint density at radius 3 is 2.45 bits per heavy atom. The van der Waals surface area contributed by atoms with Gasteiger partial charge in [-0.3, -0.25) is 0 Å². The highest BCUT2D eigenvalue weighted by Gasteiger charge is 2.16. The van der Waals surface area contributed by atoms with E-state index in [0.29, 0.717) is 0 Å². The Morgan fingerprint density at radius 1 is 0.950 bits per heavy atom. The first-order valence-corrected chi connectivity index (χ1v) is 6.75. The van der Waals surface area contributed by atoms with Gasteiger partial charge in [0.1, 0.15) is 0 Å². The third-order valence-electron chi connectivity index (χ3n) is 3.80. The Kier molecular flexibility index (Phi) is 2.90. The molecule has 1 heterocycles. The van der Waals surface area contributed by atoms with E-state index in [1.54, 1.807) is 0 Å². The van der Waals surface area contributed by atoms with Gasteiger partial charge in [-0.2, -0.15) is 0 Å². The number of nitrogens with zero attached hydrogens (tertiary/aromatic N) is 1. The zero-order valence-electron chi connectivity index (χ0n) is 12.1. The third kappa shape index (κ3) is 1.83. The summed E-state index contributed by atoms with van der Waals surface area (Å²) in [5.41, 5.74) is 12.7. The second kappa shape index (κ2) is 4.60. The van der Waals surface area contributed by atoms with E-state index in [4.69, 9.17) is 5.73 Å². The van der Waals surface area contributed by atoms with Crippen molar-refractivity contribution in [3.05, 3.63) is 53.7 Å². The summed E-state index contributed by atoms with van der Waals surface area (Å²) < 4.78 is 0. The molecule has 102 valence electrons. The highest BCUT2D eigenvalue weighted by molar-refractivity contribution is 5.98. The van der Waals surface area contributed by atoms with Crippen LogP contribution in [-0.4, -0.2) is 12.0 Å². The lowest BCUT2D eigenvalue weighted by molar-refractivity contribution is 1.16. The van der Waals surface area contributed by atoms with E-state index in [1.165, 1.54) is 16.6 Å². The minimum atomic E-state index is 0.803. The molecule has 0 aliphatic heterocycles. The molecule has 0 amide bonds. The van der Waals surface area contributed by atoms with Gasteiger partial charge in [-0.25, -0.2) is 0 Å². The number of fused-ring (bicyclic) bond motifs is 1. The maximum Gasteiger partial charge on any atom is 0.0696 e. The van der Waals surface area contributed by atoms with Crippen LogP contribution < -0.4 is 10.6 Å². The second-order valence-corrected chi connectivity index (χ2v) is 5.22. The number of hydrogen-bond donors (Lipinski definition) is 2. The lowest BCUT2D eigenvalue weighted by Crippen LogP contribution is -2.13. The lowest BCUT2D eigenvalue weighted by atomic mass is 10.1. The van der Waals surface area contributed by atoms with Crippen LogP contribution in [-0.2, 0) is 0 Å². The van der Waals surface area contributed by atoms with Gasteiger partial charge in [0.05, 0.1) is 17.1 Å². The summed E-state index contributed by atoms with van der Waals surface area (Å²) in [6, 6.07) is 14.4. The number of rotatable bonds is 2. The van der Waals surface area contributed by atoms with E-state index >= 15 is 0 Å². The number of aromatic nitrogens is 1. The summed E-state index contributed by atoms with van der Waals surface area (Å²) in [4.78, 5) is 5.61. The van der Waals surface area contributed by atoms with Crippen molar-refractivity contribution in [3.63, 3.8) is 0 Å². The van der Waals surface area contributed by atoms with E-state index in [0.717, 1.165) is 22.6 Å². The monoisotopic (exact) mass is 265 g/mol. The van der Waals surface area contributed by atoms with Gasteiger partial charge in [-0.1, -0.05) is 30.3 Å². The number of aromatic amines is 1. The molecular formula is C17H19N3. The number of hydrogen-bond acceptors (Lipinski definition) is 2. The van der Waals surface area contributed by atoms with Crippen LogP contribution in [0.4, 0.5) is 17.1 Å². The van der Waals surface area contributed by atoms with Gasteiger partial charge in [0.15, 0.2) is 0 Å². The molecule has 3 heteroatoms. The molecule has 3 N–H and O–H groups in total. The van der Waals surface area contributed by atoms with E-state index < -0.39 is 0 Å². The van der Waals surface area contributed by atoms with Crippen LogP contribution in [0.3, 0.4) is 0 Å². The zero-order chi connectivity index (χ0) is 14.3. The van der Waals surface area contributed by atoms with Crippen molar-refractivity contribution in [2.75, 3.05) is 17.7 Å². The van der Waals surface area contributed by atoms with Crippen LogP contribution in [0.2, 0.25) is 0 Å². The summed E-state index contributed by atoms with van der Waals surface area (Å²) in [5.74, 6) is 0. The maximum atomic E-state index is 6.17. The number of H-pyrrole nitrogens is 1. The van der Waals surface area contributed by atoms with Crippen LogP contribution in [0.5, 0.6) is 0 Å². The minimum Gasteiger partial charge on any atom is -0.397 e. The SMILES string of the molecule is Cc1cccc(N)c1N(C)c1c(C)[nH]c2ccccc12. The molecule has 0 bridgehead atoms. The zero-order valence-corrected chi connectivity index (χ0v) is 12.1. The lowest BCUT2D eigenvalue weighted by Gasteiger charge is -2.23. The number of nitrogens with two attached hydrogens (primary N) is 1. The van der Waals surface area contributed by atoms with Gasteiger partial charge in [-0.15, -0.1) is 0 Å². The predicted molar refractivity (Wildman–Crippen MR) is 86.7 cm³/mol. The average Bonchev–Trinajstić information content (AvgIpc) is 2.74. The molecule has 0 unspecified atom stereocenters. The molecule has 0 spiro atoms. The molecule has 3 nitrogen and oxygen atoms in total. The molecule has 3 rings (SSSR count). The molecule has 0 saturated carbocycles. The third-order valence-corrected chi connectivity index (χ3v) is 3.80. The minimum absolute atomic E-state index is 0.803. The molecule has 20 heavy (non-hydrogen) atoms. The van der Waals surface area contributed by atoms with Crippen molar-refractivity contribution in [1.29, 1.82) is 0 Å². The molecule has 0 radical (unpaired) electrons. The summed E-state index contributed by atoms with van der Waals surface area (Å²) in [7, 11) is 2.07. The van der Waals surface area contributed by atoms with Crippen molar-refractivity contribution < 1.29 is 0 Å². The Balaban J connectivity index is 2.23. The molecule has 0 aliphatic rings. The summed E-state index contributed by atoms with van der Waals surface area (Å²) in [5, 5.41) is 1.22. The highest BCUT2D eigenvalue weighted by Crippen LogP contribution is 2.38. The first kappa shape index (κ1) is 12.6. The molecule has 0 aliphatic carbocycles. The van der Waals surface area contributed by atoms with Crippen molar-refractivity contribution in [2.24, 2.45) is 0 Å². The smallest absolute Gasteiger partial charge is 0.0696 e. The number of para-hydroxylation sites is 2. The molecular weight excluding hydrogens is 246 g/mol. The Bertz CT molecular complexity index is 751. The standard InChI is InChI=1S/C17H19N3/c1-11-7-6-9-14(18)16(11)20(3)17-12(2)19-15-10-5-4-8-13(15)17/h4-10,19H,18H2,1-3H3. The normalized spacial score (nSPS) is 10.9. The summed E-state index contributed by atoms with van der Waals surface area (Å²) in [6.45, 7) is 4.19. The number of nitrogens with one attached hydrogen (secondary N) is 1. The molecule has 2 aromatic carbocycles. The van der Waals surface area contributed by atoms with E-state index in [1.807, 2.05) is 18.2 Å². The fourth-order valence-corrected chi connectivity index (χ4v) is 2.95. The molecule has 0 saturated heterocycles. The maximum absolute atomic E-state index is 6.17. The van der Waals surface area contributed by atoms with Crippen LogP contribution in [0.1, 0.15) is 11.3 Å². The number of anilines is 3. The predicted octanol–water partition coefficient (Wildman–Crippen LogP) is 4.13. The van der Waals surface area contributed by atoms with Gasteiger partial charge in [0.2, 0.25) is 0 Å². The number of aryl methyl sites for hydroxylation is 2. The number of benzene rings is 2. The van der Waals surface area contributed by atoms with Crippen molar-refractivity contribution in [2.45, 2.75) is 13.8 Å². The van der Waals surface area contributed by atoms with E-state index in [9.17, 15) is 0 Å². The van der Waals surface area contributed by atoms with Gasteiger partial charge >= 0.3 is 0 Å². The van der Waals surface area contributed by atoms with Crippen LogP contribution >= 0.6 is 0 Å². The largest absolute Gasteiger partial charge is 0.397 e. The Morgan fingerprint density at radius 2 is 1.70 bits per heavy atom. The van der Waals surface area contributed by atoms with E-state index in [-0.39, 0.29) is 0 Å². The van der Waals surface area contributed by atoms with Gasteiger partial charge in [0, 0.05) is 23.6 Å². The van der Waals surface area contributed by atoms with E-state index in [2.05, 4.69) is 55.0 Å². The summed E-state index contributed by atoms with van der Waals surface area (Å²) in [6.07, 6.45) is 0. The summed E-state index contributed by atoms with van der Waals surface area (Å²) >= 11 is 0. The Hall–Kier alpha value is -2.42. The highest BCUT2D eigenvalue weighted by atomic mass is 15.1. The average molecular weight is 265 g/mol. The van der Waals surface area contributed by atoms with Crippen LogP contribution in [0.15, 0.2) is 42.5 Å². The van der Waals surface area contributed by atoms with Gasteiger partial charge in [0.25, 0.3) is 0 Å². The number of nitrogen functional groups attached to an aromatic ring is 1. The van der Waals surface area contributed by atoms with Gasteiger partial charge in [-0.05, 0) is 31.5 Å². The fourth-order valence-electron chi connectivity index (χ4n) is 2.95. The van der Waals surface area contributed by atoms with Crippen LogP contribution in [0.25, 0.3) is 10.9 Å². The van der Waals surface area contributed by atoms with Gasteiger partial charge < -0.3 is 15.6 Å². The van der Waals surface area contributed by atoms with Crippen LogP contribution in [0, 0.1) is 13.8 Å². The first-order valence-electron chi connectivity index (χ1n) is 6.75. The molecule has 3 aromatic rings. The fraction of sp³-hybridized carbons (Fsp3) is 0.176. The topological polar surface area (TPSA) is 45.0 Å². The van der Waals surface area contributed by atoms with Crippen molar-refractivity contribution >= 4 is 28.0 Å². The first-order chi connectivity index (χ1) is 9.59. The molecule has 0 atom stereocenters. The quantitative estimate of drug-likeness (QED) is 0.684.